The first-order valence-corrected chi connectivity index (χ1v) is 14.5. The predicted octanol–water partition coefficient (Wildman–Crippen LogP) is 4.48. The average Bonchev–Trinajstić information content (AvgIpc) is 3.38. The van der Waals surface area contributed by atoms with E-state index in [1.807, 2.05) is 22.9 Å². The van der Waals surface area contributed by atoms with E-state index in [4.69, 9.17) is 9.72 Å². The maximum atomic E-state index is 15.7. The van der Waals surface area contributed by atoms with Crippen molar-refractivity contribution in [3.05, 3.63) is 64.2 Å². The van der Waals surface area contributed by atoms with Gasteiger partial charge in [0.25, 0.3) is 5.91 Å². The van der Waals surface area contributed by atoms with Crippen molar-refractivity contribution in [1.29, 1.82) is 5.26 Å². The van der Waals surface area contributed by atoms with Crippen molar-refractivity contribution in [2.45, 2.75) is 31.7 Å². The Morgan fingerprint density at radius 2 is 1.86 bits per heavy atom. The minimum absolute atomic E-state index is 0.213. The Labute approximate surface area is 244 Å². The minimum Gasteiger partial charge on any atom is -0.380 e. The number of piperazine rings is 1. The number of nitrogens with zero attached hydrogens (tertiary/aromatic N) is 6. The summed E-state index contributed by atoms with van der Waals surface area (Å²) >= 11 is 1.20. The van der Waals surface area contributed by atoms with E-state index in [0.717, 1.165) is 5.56 Å². The van der Waals surface area contributed by atoms with Crippen molar-refractivity contribution < 1.29 is 23.4 Å². The molecule has 2 aromatic heterocycles. The molecule has 9 nitrogen and oxygen atoms in total. The van der Waals surface area contributed by atoms with Gasteiger partial charge < -0.3 is 24.5 Å². The first-order valence-electron chi connectivity index (χ1n) is 13.7. The van der Waals surface area contributed by atoms with Crippen molar-refractivity contribution in [2.75, 3.05) is 43.0 Å². The number of rotatable bonds is 5. The number of pyridine rings is 1. The topological polar surface area (TPSA) is 106 Å². The number of aromatic nitrogens is 2. The number of hydrogen-bond acceptors (Lipinski definition) is 9. The highest BCUT2D eigenvalue weighted by Gasteiger charge is 2.50. The van der Waals surface area contributed by atoms with Crippen LogP contribution in [0.5, 0.6) is 0 Å². The highest BCUT2D eigenvalue weighted by Crippen LogP contribution is 2.43. The molecule has 1 N–H and O–H groups in total. The summed E-state index contributed by atoms with van der Waals surface area (Å²) in [6.07, 6.45) is 0.999. The second-order valence-corrected chi connectivity index (χ2v) is 11.8. The second-order valence-electron chi connectivity index (χ2n) is 10.9. The Morgan fingerprint density at radius 1 is 1.12 bits per heavy atom. The van der Waals surface area contributed by atoms with Crippen LogP contribution in [0, 0.1) is 23.0 Å². The first kappa shape index (κ1) is 26.7. The predicted molar refractivity (Wildman–Crippen MR) is 153 cm³/mol. The molecule has 0 atom stereocenters. The van der Waals surface area contributed by atoms with Crippen LogP contribution in [0.3, 0.4) is 0 Å². The van der Waals surface area contributed by atoms with Gasteiger partial charge in [-0.2, -0.15) is 5.26 Å². The molecule has 2 fully saturated rings. The van der Waals surface area contributed by atoms with E-state index < -0.39 is 11.4 Å². The van der Waals surface area contributed by atoms with Crippen LogP contribution in [0.1, 0.15) is 29.0 Å². The molecule has 0 radical (unpaired) electrons. The van der Waals surface area contributed by atoms with Crippen LogP contribution in [-0.2, 0) is 22.7 Å². The van der Waals surface area contributed by atoms with Crippen molar-refractivity contribution in [3.63, 3.8) is 0 Å². The Bertz CT molecular complexity index is 1770. The molecule has 42 heavy (non-hydrogen) atoms. The SMILES string of the molecule is CN(c1nc(-c2ccc(F)cc2)c(C#N)s1)c1c2c(nc3c(F)cc(N4CCN(C(=O)C5(O)CC5)CC4)cc13)COC2. The van der Waals surface area contributed by atoms with Gasteiger partial charge >= 0.3 is 0 Å². The van der Waals surface area contributed by atoms with E-state index >= 15 is 4.39 Å². The summed E-state index contributed by atoms with van der Waals surface area (Å²) in [5, 5.41) is 21.2. The number of ether oxygens (including phenoxy) is 1. The molecule has 1 saturated heterocycles. The fourth-order valence-electron chi connectivity index (χ4n) is 5.69. The highest BCUT2D eigenvalue weighted by molar-refractivity contribution is 7.16. The molecule has 0 spiro atoms. The minimum atomic E-state index is -1.21. The van der Waals surface area contributed by atoms with Gasteiger partial charge in [-0.3, -0.25) is 4.79 Å². The number of hydrogen-bond donors (Lipinski definition) is 1. The lowest BCUT2D eigenvalue weighted by atomic mass is 10.0. The standard InChI is InChI=1S/C30H26F2N6O3S/c1-36(29-35-25(24(14-33)42-29)17-2-4-18(31)5-3-17)27-20-12-19(13-22(32)26(20)34-23-16-41-15-21(23)27)37-8-10-38(11-9-37)28(39)30(40)6-7-30/h2-5,12-13,40H,6-11,15-16H2,1H3. The molecule has 2 aliphatic heterocycles. The summed E-state index contributed by atoms with van der Waals surface area (Å²) in [5.41, 5.74) is 2.91. The summed E-state index contributed by atoms with van der Waals surface area (Å²) in [6.45, 7) is 2.43. The third-order valence-electron chi connectivity index (χ3n) is 8.18. The fourth-order valence-corrected chi connectivity index (χ4v) is 6.54. The summed E-state index contributed by atoms with van der Waals surface area (Å²) in [5.74, 6) is -1.08. The van der Waals surface area contributed by atoms with Gasteiger partial charge in [-0.05, 0) is 49.2 Å². The van der Waals surface area contributed by atoms with Crippen LogP contribution in [0.15, 0.2) is 36.4 Å². The number of amides is 1. The number of benzene rings is 2. The smallest absolute Gasteiger partial charge is 0.254 e. The van der Waals surface area contributed by atoms with Gasteiger partial charge in [0.15, 0.2) is 10.9 Å². The van der Waals surface area contributed by atoms with Crippen molar-refractivity contribution in [2.24, 2.45) is 0 Å². The molecule has 0 bridgehead atoms. The number of thiazole rings is 1. The lowest BCUT2D eigenvalue weighted by Crippen LogP contribution is -2.52. The normalized spacial score (nSPS) is 17.3. The summed E-state index contributed by atoms with van der Waals surface area (Å²) in [4.78, 5) is 27.9. The number of carbonyl (C=O) groups excluding carboxylic acids is 1. The molecule has 1 saturated carbocycles. The zero-order valence-electron chi connectivity index (χ0n) is 22.7. The van der Waals surface area contributed by atoms with Crippen LogP contribution in [0.4, 0.5) is 25.3 Å². The highest BCUT2D eigenvalue weighted by atomic mass is 32.1. The Balaban J connectivity index is 1.27. The van der Waals surface area contributed by atoms with Gasteiger partial charge in [-0.15, -0.1) is 0 Å². The van der Waals surface area contributed by atoms with Crippen molar-refractivity contribution in [3.8, 4) is 17.3 Å². The van der Waals surface area contributed by atoms with E-state index in [2.05, 4.69) is 11.1 Å². The summed E-state index contributed by atoms with van der Waals surface area (Å²) in [7, 11) is 1.82. The Hall–Kier alpha value is -4.18. The van der Waals surface area contributed by atoms with Gasteiger partial charge in [0, 0.05) is 55.4 Å². The molecule has 4 heterocycles. The number of carbonyl (C=O) groups is 1. The maximum Gasteiger partial charge on any atom is 0.254 e. The van der Waals surface area contributed by atoms with E-state index in [9.17, 15) is 19.6 Å². The van der Waals surface area contributed by atoms with Gasteiger partial charge in [-0.1, -0.05) is 11.3 Å². The molecule has 1 amide bonds. The molecule has 7 rings (SSSR count). The molecule has 1 aliphatic carbocycles. The number of halogens is 2. The molecular weight excluding hydrogens is 562 g/mol. The fraction of sp³-hybridized carbons (Fsp3) is 0.333. The second kappa shape index (κ2) is 9.97. The third kappa shape index (κ3) is 4.45. The summed E-state index contributed by atoms with van der Waals surface area (Å²) < 4.78 is 35.0. The van der Waals surface area contributed by atoms with E-state index in [-0.39, 0.29) is 23.8 Å². The van der Waals surface area contributed by atoms with Crippen LogP contribution in [0.25, 0.3) is 22.2 Å². The molecule has 3 aliphatic rings. The van der Waals surface area contributed by atoms with E-state index in [1.54, 1.807) is 17.0 Å². The summed E-state index contributed by atoms with van der Waals surface area (Å²) in [6, 6.07) is 11.4. The van der Waals surface area contributed by atoms with Gasteiger partial charge in [-0.25, -0.2) is 18.7 Å². The lowest BCUT2D eigenvalue weighted by Gasteiger charge is -2.37. The first-order chi connectivity index (χ1) is 20.3. The van der Waals surface area contributed by atoms with Gasteiger partial charge in [0.05, 0.1) is 24.6 Å². The lowest BCUT2D eigenvalue weighted by molar-refractivity contribution is -0.142. The largest absolute Gasteiger partial charge is 0.380 e. The Kier molecular flexibility index (Phi) is 6.34. The third-order valence-corrected chi connectivity index (χ3v) is 9.22. The maximum absolute atomic E-state index is 15.7. The van der Waals surface area contributed by atoms with Crippen molar-refractivity contribution in [1.82, 2.24) is 14.9 Å². The van der Waals surface area contributed by atoms with Crippen LogP contribution in [0.2, 0.25) is 0 Å². The van der Waals surface area contributed by atoms with Gasteiger partial charge in [0.1, 0.15) is 33.6 Å². The zero-order chi connectivity index (χ0) is 29.2. The molecule has 214 valence electrons. The van der Waals surface area contributed by atoms with Gasteiger partial charge in [0.2, 0.25) is 0 Å². The van der Waals surface area contributed by atoms with Crippen LogP contribution < -0.4 is 9.80 Å². The number of anilines is 3. The van der Waals surface area contributed by atoms with E-state index in [0.29, 0.717) is 89.3 Å². The molecule has 2 aromatic carbocycles. The Morgan fingerprint density at radius 3 is 2.55 bits per heavy atom. The average molecular weight is 589 g/mol. The molecule has 4 aromatic rings. The monoisotopic (exact) mass is 588 g/mol. The molecule has 0 unspecified atom stereocenters. The van der Waals surface area contributed by atoms with Crippen LogP contribution >= 0.6 is 11.3 Å². The molecular formula is C30H26F2N6O3S. The van der Waals surface area contributed by atoms with Crippen LogP contribution in [-0.4, -0.2) is 64.7 Å². The van der Waals surface area contributed by atoms with Crippen molar-refractivity contribution >= 4 is 44.7 Å². The zero-order valence-corrected chi connectivity index (χ0v) is 23.5. The molecule has 12 heteroatoms. The number of fused-ring (bicyclic) bond motifs is 2. The number of nitriles is 1. The van der Waals surface area contributed by atoms with E-state index in [1.165, 1.54) is 29.5 Å². The quantitative estimate of drug-likeness (QED) is 0.364. The number of aliphatic hydroxyl groups is 1.